The number of rotatable bonds is 2. The first-order valence-electron chi connectivity index (χ1n) is 3.26. The third-order valence-electron chi connectivity index (χ3n) is 0.823. The highest BCUT2D eigenvalue weighted by Gasteiger charge is 2.13. The number of hydrogen-bond donors (Lipinski definition) is 2. The summed E-state index contributed by atoms with van der Waals surface area (Å²) in [5, 5.41) is 15.4. The van der Waals surface area contributed by atoms with E-state index in [-0.39, 0.29) is 0 Å². The number of hydrogen-bond acceptors (Lipinski definition) is 5. The Morgan fingerprint density at radius 1 is 1.42 bits per heavy atom. The maximum absolute atomic E-state index is 10.3. The molecular formula is C7H15NO4. The molecule has 0 aliphatic carbocycles. The van der Waals surface area contributed by atoms with E-state index < -0.39 is 17.8 Å². The van der Waals surface area contributed by atoms with Crippen LogP contribution in [0.4, 0.5) is 0 Å². The van der Waals surface area contributed by atoms with Crippen LogP contribution in [0.5, 0.6) is 0 Å². The number of aliphatic hydroxyl groups excluding tert-OH is 1. The highest BCUT2D eigenvalue weighted by atomic mass is 16.5. The van der Waals surface area contributed by atoms with E-state index in [0.29, 0.717) is 0 Å². The van der Waals surface area contributed by atoms with Gasteiger partial charge in [0.25, 0.3) is 0 Å². The number of nitrogens with one attached hydrogen (secondary N) is 1. The van der Waals surface area contributed by atoms with Gasteiger partial charge in [-0.25, -0.2) is 4.79 Å². The normalized spacial score (nSPS) is 10.8. The van der Waals surface area contributed by atoms with Crippen LogP contribution in [0.25, 0.3) is 0 Å². The molecular weight excluding hydrogens is 162 g/mol. The zero-order valence-corrected chi connectivity index (χ0v) is 7.75. The lowest BCUT2D eigenvalue weighted by Crippen LogP contribution is -2.25. The van der Waals surface area contributed by atoms with Crippen molar-refractivity contribution in [3.8, 4) is 0 Å². The van der Waals surface area contributed by atoms with Crippen molar-refractivity contribution in [2.45, 2.75) is 13.0 Å². The number of methoxy groups -OCH3 is 2. The fraction of sp³-hybridized carbons (Fsp3) is 0.714. The average Bonchev–Trinajstić information content (AvgIpc) is 2.03. The molecule has 0 radical (unpaired) electrons. The van der Waals surface area contributed by atoms with Crippen molar-refractivity contribution < 1.29 is 19.4 Å². The number of carbonyl (C=O) groups excluding carboxylic acids is 1. The predicted molar refractivity (Wildman–Crippen MR) is 44.4 cm³/mol. The summed E-state index contributed by atoms with van der Waals surface area (Å²) in [5.41, 5.74) is -0.419. The fourth-order valence-electron chi connectivity index (χ4n) is 0.281. The molecule has 0 bridgehead atoms. The minimum atomic E-state index is -1.04. The van der Waals surface area contributed by atoms with E-state index in [1.807, 2.05) is 0 Å². The molecule has 0 saturated carbocycles. The molecule has 0 aromatic heterocycles. The zero-order valence-electron chi connectivity index (χ0n) is 7.75. The number of aliphatic hydroxyl groups is 1. The van der Waals surface area contributed by atoms with Gasteiger partial charge >= 0.3 is 5.97 Å². The first kappa shape index (κ1) is 13.6. The van der Waals surface area contributed by atoms with Gasteiger partial charge in [-0.1, -0.05) is 0 Å². The summed E-state index contributed by atoms with van der Waals surface area (Å²) in [6, 6.07) is 0. The number of esters is 1. The monoisotopic (exact) mass is 177 g/mol. The Bertz CT molecular complexity index is 144. The minimum Gasteiger partial charge on any atom is -0.464 e. The third-order valence-corrected chi connectivity index (χ3v) is 0.823. The van der Waals surface area contributed by atoms with E-state index in [2.05, 4.69) is 9.47 Å². The van der Waals surface area contributed by atoms with E-state index in [1.165, 1.54) is 14.0 Å². The summed E-state index contributed by atoms with van der Waals surface area (Å²) in [4.78, 5) is 10.3. The second-order valence-corrected chi connectivity index (χ2v) is 1.99. The molecule has 0 rings (SSSR count). The van der Waals surface area contributed by atoms with E-state index >= 15 is 0 Å². The molecule has 0 heterocycles. The molecule has 5 nitrogen and oxygen atoms in total. The van der Waals surface area contributed by atoms with Crippen LogP contribution < -0.4 is 0 Å². The van der Waals surface area contributed by atoms with Crippen molar-refractivity contribution >= 4 is 11.7 Å². The molecule has 72 valence electrons. The van der Waals surface area contributed by atoms with Gasteiger partial charge in [-0.3, -0.25) is 5.41 Å². The van der Waals surface area contributed by atoms with Crippen LogP contribution in [0.1, 0.15) is 6.92 Å². The van der Waals surface area contributed by atoms with Crippen molar-refractivity contribution in [1.82, 2.24) is 0 Å². The SMILES string of the molecule is COC.COC(=O)C(=N)C(C)O. The fourth-order valence-corrected chi connectivity index (χ4v) is 0.281. The lowest BCUT2D eigenvalue weighted by Gasteiger charge is -2.01. The Hall–Kier alpha value is -0.940. The van der Waals surface area contributed by atoms with Crippen LogP contribution >= 0.6 is 0 Å². The lowest BCUT2D eigenvalue weighted by molar-refractivity contribution is -0.133. The second kappa shape index (κ2) is 8.16. The Labute approximate surface area is 71.8 Å². The van der Waals surface area contributed by atoms with Crippen LogP contribution in [0.2, 0.25) is 0 Å². The highest BCUT2D eigenvalue weighted by Crippen LogP contribution is 1.85. The van der Waals surface area contributed by atoms with Gasteiger partial charge in [-0.15, -0.1) is 0 Å². The van der Waals surface area contributed by atoms with Crippen LogP contribution in [-0.2, 0) is 14.3 Å². The van der Waals surface area contributed by atoms with Crippen LogP contribution in [0.3, 0.4) is 0 Å². The summed E-state index contributed by atoms with van der Waals surface area (Å²) in [7, 11) is 4.42. The van der Waals surface area contributed by atoms with Crippen molar-refractivity contribution in [3.05, 3.63) is 0 Å². The maximum Gasteiger partial charge on any atom is 0.354 e. The molecule has 1 unspecified atom stereocenters. The molecule has 0 aliphatic rings. The largest absolute Gasteiger partial charge is 0.464 e. The summed E-state index contributed by atoms with van der Waals surface area (Å²) in [6.07, 6.45) is -1.04. The van der Waals surface area contributed by atoms with Crippen molar-refractivity contribution in [2.24, 2.45) is 0 Å². The van der Waals surface area contributed by atoms with E-state index in [0.717, 1.165) is 0 Å². The Morgan fingerprint density at radius 3 is 1.83 bits per heavy atom. The van der Waals surface area contributed by atoms with Crippen molar-refractivity contribution in [3.63, 3.8) is 0 Å². The summed E-state index contributed by atoms with van der Waals surface area (Å²) in [5.74, 6) is -0.787. The summed E-state index contributed by atoms with van der Waals surface area (Å²) in [6.45, 7) is 1.33. The van der Waals surface area contributed by atoms with Gasteiger partial charge in [-0.05, 0) is 6.92 Å². The molecule has 0 fully saturated rings. The quantitative estimate of drug-likeness (QED) is 0.453. The van der Waals surface area contributed by atoms with Gasteiger partial charge in [0.2, 0.25) is 0 Å². The zero-order chi connectivity index (χ0) is 10.1. The first-order chi connectivity index (χ1) is 5.51. The van der Waals surface area contributed by atoms with Gasteiger partial charge in [0.15, 0.2) is 0 Å². The summed E-state index contributed by atoms with van der Waals surface area (Å²) >= 11 is 0. The molecule has 0 aliphatic heterocycles. The van der Waals surface area contributed by atoms with E-state index in [9.17, 15) is 4.79 Å². The Kier molecular flexibility index (Phi) is 9.27. The highest BCUT2D eigenvalue weighted by molar-refractivity contribution is 6.36. The van der Waals surface area contributed by atoms with Crippen molar-refractivity contribution in [1.29, 1.82) is 5.41 Å². The molecule has 0 aromatic rings. The molecule has 0 aromatic carbocycles. The topological polar surface area (TPSA) is 79.6 Å². The van der Waals surface area contributed by atoms with Crippen molar-refractivity contribution in [2.75, 3.05) is 21.3 Å². The average molecular weight is 177 g/mol. The third kappa shape index (κ3) is 7.17. The molecule has 2 N–H and O–H groups in total. The molecule has 0 saturated heterocycles. The van der Waals surface area contributed by atoms with Gasteiger partial charge in [0.05, 0.1) is 13.2 Å². The van der Waals surface area contributed by atoms with E-state index in [4.69, 9.17) is 10.5 Å². The van der Waals surface area contributed by atoms with Gasteiger partial charge < -0.3 is 14.6 Å². The molecule has 0 amide bonds. The Morgan fingerprint density at radius 2 is 1.75 bits per heavy atom. The first-order valence-corrected chi connectivity index (χ1v) is 3.26. The predicted octanol–water partition coefficient (Wildman–Crippen LogP) is -0.177. The number of carbonyl (C=O) groups is 1. The Balaban J connectivity index is 0. The molecule has 5 heteroatoms. The second-order valence-electron chi connectivity index (χ2n) is 1.99. The van der Waals surface area contributed by atoms with Gasteiger partial charge in [-0.2, -0.15) is 0 Å². The lowest BCUT2D eigenvalue weighted by atomic mass is 10.2. The smallest absolute Gasteiger partial charge is 0.354 e. The summed E-state index contributed by atoms with van der Waals surface area (Å²) < 4.78 is 8.40. The number of ether oxygens (including phenoxy) is 2. The van der Waals surface area contributed by atoms with E-state index in [1.54, 1.807) is 14.2 Å². The van der Waals surface area contributed by atoms with Gasteiger partial charge in [0, 0.05) is 14.2 Å². The molecule has 0 spiro atoms. The molecule has 1 atom stereocenters. The minimum absolute atomic E-state index is 0.419. The van der Waals surface area contributed by atoms with Crippen LogP contribution in [0.15, 0.2) is 0 Å². The standard InChI is InChI=1S/C5H9NO3.C2H6O/c1-3(7)4(6)5(8)9-2;1-3-2/h3,6-7H,1-2H3;1-2H3. The molecule has 12 heavy (non-hydrogen) atoms. The van der Waals surface area contributed by atoms with Gasteiger partial charge in [0.1, 0.15) is 5.71 Å². The van der Waals surface area contributed by atoms with Crippen LogP contribution in [0, 0.1) is 5.41 Å². The maximum atomic E-state index is 10.3. The van der Waals surface area contributed by atoms with Crippen LogP contribution in [-0.4, -0.2) is 44.2 Å².